The standard InChI is InChI=1S/C14H17BrClN3/c1-10-14(15)13(19(2)18-10)9-17-12(8-16)11-6-4-3-5-7-11/h3-7,12,17H,8-9H2,1-2H3. The van der Waals surface area contributed by atoms with Crippen LogP contribution in [-0.4, -0.2) is 15.7 Å². The number of nitrogens with one attached hydrogen (secondary N) is 1. The zero-order chi connectivity index (χ0) is 13.8. The average molecular weight is 343 g/mol. The highest BCUT2D eigenvalue weighted by Gasteiger charge is 2.14. The summed E-state index contributed by atoms with van der Waals surface area (Å²) in [5.41, 5.74) is 3.33. The van der Waals surface area contributed by atoms with E-state index in [2.05, 4.69) is 38.5 Å². The van der Waals surface area contributed by atoms with Crippen LogP contribution in [0.3, 0.4) is 0 Å². The summed E-state index contributed by atoms with van der Waals surface area (Å²) in [4.78, 5) is 0. The Morgan fingerprint density at radius 3 is 2.58 bits per heavy atom. The van der Waals surface area contributed by atoms with Crippen LogP contribution in [0.25, 0.3) is 0 Å². The van der Waals surface area contributed by atoms with E-state index in [1.807, 2.05) is 36.9 Å². The summed E-state index contributed by atoms with van der Waals surface area (Å²) in [5.74, 6) is 0.540. The van der Waals surface area contributed by atoms with Gasteiger partial charge in [0.2, 0.25) is 0 Å². The smallest absolute Gasteiger partial charge is 0.0739 e. The van der Waals surface area contributed by atoms with Crippen LogP contribution in [0.2, 0.25) is 0 Å². The highest BCUT2D eigenvalue weighted by Crippen LogP contribution is 2.21. The van der Waals surface area contributed by atoms with Crippen molar-refractivity contribution in [2.75, 3.05) is 5.88 Å². The molecule has 102 valence electrons. The topological polar surface area (TPSA) is 29.9 Å². The average Bonchev–Trinajstić information content (AvgIpc) is 2.66. The third-order valence-corrected chi connectivity index (χ3v) is 4.47. The van der Waals surface area contributed by atoms with Crippen molar-refractivity contribution in [3.8, 4) is 0 Å². The van der Waals surface area contributed by atoms with E-state index >= 15 is 0 Å². The van der Waals surface area contributed by atoms with Crippen LogP contribution in [0.15, 0.2) is 34.8 Å². The molecular formula is C14H17BrClN3. The van der Waals surface area contributed by atoms with Gasteiger partial charge in [-0.05, 0) is 28.4 Å². The minimum absolute atomic E-state index is 0.143. The molecule has 0 fully saturated rings. The van der Waals surface area contributed by atoms with Crippen LogP contribution < -0.4 is 5.32 Å². The molecule has 0 bridgehead atoms. The Kier molecular flexibility index (Phi) is 5.02. The van der Waals surface area contributed by atoms with Crippen molar-refractivity contribution in [3.05, 3.63) is 51.8 Å². The fourth-order valence-electron chi connectivity index (χ4n) is 2.04. The Hall–Kier alpha value is -0.840. The first-order chi connectivity index (χ1) is 9.13. The van der Waals surface area contributed by atoms with Gasteiger partial charge in [-0.15, -0.1) is 11.6 Å². The zero-order valence-corrected chi connectivity index (χ0v) is 13.4. The van der Waals surface area contributed by atoms with Crippen LogP contribution in [0.5, 0.6) is 0 Å². The lowest BCUT2D eigenvalue weighted by Crippen LogP contribution is -2.23. The summed E-state index contributed by atoms with van der Waals surface area (Å²) >= 11 is 9.63. The molecule has 3 nitrogen and oxygen atoms in total. The molecule has 1 atom stereocenters. The number of hydrogen-bond donors (Lipinski definition) is 1. The SMILES string of the molecule is Cc1nn(C)c(CNC(CCl)c2ccccc2)c1Br. The summed E-state index contributed by atoms with van der Waals surface area (Å²) in [6.07, 6.45) is 0. The lowest BCUT2D eigenvalue weighted by atomic mass is 10.1. The Labute approximate surface area is 127 Å². The van der Waals surface area contributed by atoms with Crippen molar-refractivity contribution in [1.29, 1.82) is 0 Å². The highest BCUT2D eigenvalue weighted by atomic mass is 79.9. The van der Waals surface area contributed by atoms with E-state index in [0.29, 0.717) is 5.88 Å². The molecule has 1 aromatic carbocycles. The summed E-state index contributed by atoms with van der Waals surface area (Å²) in [6, 6.07) is 10.4. The van der Waals surface area contributed by atoms with Crippen LogP contribution in [0.1, 0.15) is 23.0 Å². The molecule has 0 saturated heterocycles. The van der Waals surface area contributed by atoms with E-state index in [-0.39, 0.29) is 6.04 Å². The third kappa shape index (κ3) is 3.38. The summed E-state index contributed by atoms with van der Waals surface area (Å²) in [5, 5.41) is 7.86. The van der Waals surface area contributed by atoms with Gasteiger partial charge in [-0.3, -0.25) is 4.68 Å². The molecule has 1 unspecified atom stereocenters. The number of alkyl halides is 1. The first-order valence-corrected chi connectivity index (χ1v) is 7.48. The zero-order valence-electron chi connectivity index (χ0n) is 11.0. The molecule has 0 spiro atoms. The Balaban J connectivity index is 2.08. The summed E-state index contributed by atoms with van der Waals surface area (Å²) in [7, 11) is 1.95. The van der Waals surface area contributed by atoms with E-state index in [9.17, 15) is 0 Å². The normalized spacial score (nSPS) is 12.6. The molecule has 0 aliphatic carbocycles. The van der Waals surface area contributed by atoms with E-state index in [4.69, 9.17) is 11.6 Å². The molecule has 1 N–H and O–H groups in total. The molecule has 1 heterocycles. The molecule has 0 saturated carbocycles. The molecule has 5 heteroatoms. The maximum atomic E-state index is 6.06. The predicted octanol–water partition coefficient (Wildman–Crippen LogP) is 3.56. The van der Waals surface area contributed by atoms with Gasteiger partial charge in [-0.2, -0.15) is 5.10 Å². The fourth-order valence-corrected chi connectivity index (χ4v) is 2.80. The van der Waals surface area contributed by atoms with Gasteiger partial charge < -0.3 is 5.32 Å². The highest BCUT2D eigenvalue weighted by molar-refractivity contribution is 9.10. The maximum absolute atomic E-state index is 6.06. The van der Waals surface area contributed by atoms with E-state index in [0.717, 1.165) is 22.4 Å². The molecule has 0 aliphatic rings. The summed E-state index contributed by atoms with van der Waals surface area (Å²) in [6.45, 7) is 2.72. The minimum atomic E-state index is 0.143. The first kappa shape index (κ1) is 14.6. The van der Waals surface area contributed by atoms with E-state index in [1.165, 1.54) is 5.56 Å². The van der Waals surface area contributed by atoms with Crippen molar-refractivity contribution in [3.63, 3.8) is 0 Å². The quantitative estimate of drug-likeness (QED) is 0.842. The lowest BCUT2D eigenvalue weighted by Gasteiger charge is -2.16. The van der Waals surface area contributed by atoms with Crippen LogP contribution in [0.4, 0.5) is 0 Å². The maximum Gasteiger partial charge on any atom is 0.0739 e. The monoisotopic (exact) mass is 341 g/mol. The van der Waals surface area contributed by atoms with E-state index in [1.54, 1.807) is 0 Å². The Morgan fingerprint density at radius 2 is 2.05 bits per heavy atom. The van der Waals surface area contributed by atoms with Gasteiger partial charge in [0.1, 0.15) is 0 Å². The van der Waals surface area contributed by atoms with Gasteiger partial charge in [0, 0.05) is 25.5 Å². The molecule has 1 aromatic heterocycles. The van der Waals surface area contributed by atoms with Crippen LogP contribution in [0, 0.1) is 6.92 Å². The second kappa shape index (κ2) is 6.55. The molecule has 19 heavy (non-hydrogen) atoms. The number of benzene rings is 1. The van der Waals surface area contributed by atoms with Gasteiger partial charge in [0.25, 0.3) is 0 Å². The number of nitrogens with zero attached hydrogens (tertiary/aromatic N) is 2. The Morgan fingerprint density at radius 1 is 1.37 bits per heavy atom. The van der Waals surface area contributed by atoms with Gasteiger partial charge in [-0.1, -0.05) is 30.3 Å². The number of halogens is 2. The van der Waals surface area contributed by atoms with Gasteiger partial charge in [0.05, 0.1) is 15.9 Å². The largest absolute Gasteiger partial charge is 0.303 e. The molecule has 2 rings (SSSR count). The number of aromatic nitrogens is 2. The first-order valence-electron chi connectivity index (χ1n) is 6.15. The fraction of sp³-hybridized carbons (Fsp3) is 0.357. The minimum Gasteiger partial charge on any atom is -0.303 e. The van der Waals surface area contributed by atoms with Gasteiger partial charge in [-0.25, -0.2) is 0 Å². The second-order valence-corrected chi connectivity index (χ2v) is 5.57. The van der Waals surface area contributed by atoms with Crippen LogP contribution in [-0.2, 0) is 13.6 Å². The lowest BCUT2D eigenvalue weighted by molar-refractivity contribution is 0.550. The van der Waals surface area contributed by atoms with Crippen molar-refractivity contribution in [2.24, 2.45) is 7.05 Å². The van der Waals surface area contributed by atoms with Crippen molar-refractivity contribution in [1.82, 2.24) is 15.1 Å². The number of rotatable bonds is 5. The van der Waals surface area contributed by atoms with Crippen molar-refractivity contribution in [2.45, 2.75) is 19.5 Å². The van der Waals surface area contributed by atoms with E-state index < -0.39 is 0 Å². The number of hydrogen-bond acceptors (Lipinski definition) is 2. The third-order valence-electron chi connectivity index (χ3n) is 3.13. The second-order valence-electron chi connectivity index (χ2n) is 4.47. The number of aryl methyl sites for hydroxylation is 2. The molecule has 0 aliphatic heterocycles. The van der Waals surface area contributed by atoms with Crippen molar-refractivity contribution >= 4 is 27.5 Å². The molecular weight excluding hydrogens is 326 g/mol. The Bertz CT molecular complexity index is 539. The van der Waals surface area contributed by atoms with Crippen LogP contribution >= 0.6 is 27.5 Å². The molecule has 0 amide bonds. The molecule has 0 radical (unpaired) electrons. The van der Waals surface area contributed by atoms with Crippen molar-refractivity contribution < 1.29 is 0 Å². The summed E-state index contributed by atoms with van der Waals surface area (Å²) < 4.78 is 2.95. The van der Waals surface area contributed by atoms with Gasteiger partial charge >= 0.3 is 0 Å². The van der Waals surface area contributed by atoms with Gasteiger partial charge in [0.15, 0.2) is 0 Å². The predicted molar refractivity (Wildman–Crippen MR) is 82.4 cm³/mol. The molecule has 2 aromatic rings.